The van der Waals surface area contributed by atoms with Gasteiger partial charge in [-0.15, -0.1) is 0 Å². The van der Waals surface area contributed by atoms with E-state index < -0.39 is 38.8 Å². The van der Waals surface area contributed by atoms with E-state index in [1.54, 1.807) is 0 Å². The van der Waals surface area contributed by atoms with Crippen LogP contribution in [0.1, 0.15) is 0 Å². The van der Waals surface area contributed by atoms with Crippen molar-refractivity contribution in [3.8, 4) is 0 Å². The summed E-state index contributed by atoms with van der Waals surface area (Å²) >= 11 is 0. The quantitative estimate of drug-likeness (QED) is 0.202. The zero-order chi connectivity index (χ0) is 13.5. The van der Waals surface area contributed by atoms with Crippen molar-refractivity contribution in [1.82, 2.24) is 0 Å². The van der Waals surface area contributed by atoms with Gasteiger partial charge in [0, 0.05) is 0 Å². The first-order chi connectivity index (χ1) is 7.00. The van der Waals surface area contributed by atoms with Gasteiger partial charge in [-0.3, -0.25) is 4.79 Å². The molecule has 0 saturated carbocycles. The summed E-state index contributed by atoms with van der Waals surface area (Å²) in [5, 5.41) is 33.8. The van der Waals surface area contributed by atoms with Crippen molar-refractivity contribution in [1.29, 1.82) is 0 Å². The van der Waals surface area contributed by atoms with E-state index in [0.29, 0.717) is 0 Å². The molecule has 0 aromatic carbocycles. The SMILES string of the molecule is O=C(F)C(O)C(O)C(O)CO.O=P(O)(O)O. The lowest BCUT2D eigenvalue weighted by Crippen LogP contribution is -2.42. The van der Waals surface area contributed by atoms with Gasteiger partial charge in [-0.25, -0.2) is 4.57 Å². The molecule has 0 aliphatic rings. The summed E-state index contributed by atoms with van der Waals surface area (Å²) in [5.41, 5.74) is 0. The molecule has 11 heteroatoms. The molecule has 0 rings (SSSR count). The molecule has 98 valence electrons. The molecule has 0 heterocycles. The number of phosphoric acid groups is 1. The third-order valence-corrected chi connectivity index (χ3v) is 1.14. The van der Waals surface area contributed by atoms with E-state index >= 15 is 0 Å². The van der Waals surface area contributed by atoms with Crippen LogP contribution in [-0.2, 0) is 9.36 Å². The van der Waals surface area contributed by atoms with Gasteiger partial charge in [-0.1, -0.05) is 0 Å². The summed E-state index contributed by atoms with van der Waals surface area (Å²) in [6.45, 7) is -0.856. The Bertz CT molecular complexity index is 244. The number of hydrogen-bond acceptors (Lipinski definition) is 6. The van der Waals surface area contributed by atoms with Crippen molar-refractivity contribution in [2.75, 3.05) is 6.61 Å². The minimum absolute atomic E-state index is 0.856. The lowest BCUT2D eigenvalue weighted by atomic mass is 10.1. The maximum Gasteiger partial charge on any atom is 0.466 e. The van der Waals surface area contributed by atoms with Crippen LogP contribution in [0.2, 0.25) is 0 Å². The number of carbonyl (C=O) groups excluding carboxylic acids is 1. The third kappa shape index (κ3) is 11.6. The largest absolute Gasteiger partial charge is 0.466 e. The minimum atomic E-state index is -4.64. The van der Waals surface area contributed by atoms with E-state index in [9.17, 15) is 9.18 Å². The maximum atomic E-state index is 11.6. The molecular weight excluding hydrogens is 254 g/mol. The molecule has 0 aliphatic heterocycles. The molecule has 7 N–H and O–H groups in total. The van der Waals surface area contributed by atoms with E-state index in [4.69, 9.17) is 39.7 Å². The summed E-state index contributed by atoms with van der Waals surface area (Å²) in [7, 11) is -4.64. The van der Waals surface area contributed by atoms with E-state index in [1.807, 2.05) is 0 Å². The van der Waals surface area contributed by atoms with E-state index in [1.165, 1.54) is 0 Å². The molecule has 0 spiro atoms. The average molecular weight is 266 g/mol. The van der Waals surface area contributed by atoms with Gasteiger partial charge in [0.2, 0.25) is 0 Å². The Morgan fingerprint density at radius 2 is 1.50 bits per heavy atom. The predicted octanol–water partition coefficient (Wildman–Crippen LogP) is -3.37. The predicted molar refractivity (Wildman–Crippen MR) is 45.5 cm³/mol. The first-order valence-electron chi connectivity index (χ1n) is 3.63. The Balaban J connectivity index is 0. The second-order valence-corrected chi connectivity index (χ2v) is 3.53. The molecular formula is C5H12FO9P. The Hall–Kier alpha value is -0.450. The fourth-order valence-corrected chi connectivity index (χ4v) is 0.453. The molecule has 3 atom stereocenters. The van der Waals surface area contributed by atoms with Gasteiger partial charge in [0.25, 0.3) is 0 Å². The Morgan fingerprint density at radius 3 is 1.69 bits per heavy atom. The number of halogens is 1. The van der Waals surface area contributed by atoms with Crippen molar-refractivity contribution in [2.45, 2.75) is 18.3 Å². The standard InChI is InChI=1S/C5H9FO5.H3O4P/c6-5(11)4(10)3(9)2(8)1-7;1-5(2,3)4/h2-4,7-10H,1H2;(H3,1,2,3,4). The van der Waals surface area contributed by atoms with Gasteiger partial charge < -0.3 is 35.1 Å². The molecule has 0 bridgehead atoms. The maximum absolute atomic E-state index is 11.6. The Labute approximate surface area is 88.6 Å². The van der Waals surface area contributed by atoms with Crippen LogP contribution in [0.5, 0.6) is 0 Å². The highest BCUT2D eigenvalue weighted by molar-refractivity contribution is 7.45. The summed E-state index contributed by atoms with van der Waals surface area (Å²) in [4.78, 5) is 31.3. The highest BCUT2D eigenvalue weighted by Gasteiger charge is 2.29. The summed E-state index contributed by atoms with van der Waals surface area (Å²) in [6, 6.07) is -2.15. The monoisotopic (exact) mass is 266 g/mol. The van der Waals surface area contributed by atoms with Gasteiger partial charge in [-0.2, -0.15) is 4.39 Å². The van der Waals surface area contributed by atoms with E-state index in [2.05, 4.69) is 0 Å². The van der Waals surface area contributed by atoms with Gasteiger partial charge >= 0.3 is 13.9 Å². The lowest BCUT2D eigenvalue weighted by molar-refractivity contribution is -0.151. The van der Waals surface area contributed by atoms with Crippen LogP contribution in [-0.4, -0.2) is 66.1 Å². The topological polar surface area (TPSA) is 176 Å². The Morgan fingerprint density at radius 1 is 1.19 bits per heavy atom. The molecule has 0 fully saturated rings. The van der Waals surface area contributed by atoms with Gasteiger partial charge in [0.1, 0.15) is 12.2 Å². The molecule has 9 nitrogen and oxygen atoms in total. The molecule has 3 unspecified atom stereocenters. The molecule has 0 aromatic heterocycles. The van der Waals surface area contributed by atoms with Crippen molar-refractivity contribution in [3.63, 3.8) is 0 Å². The van der Waals surface area contributed by atoms with Crippen LogP contribution in [0.3, 0.4) is 0 Å². The zero-order valence-electron chi connectivity index (χ0n) is 7.71. The second-order valence-electron chi connectivity index (χ2n) is 2.50. The van der Waals surface area contributed by atoms with Crippen molar-refractivity contribution in [2.24, 2.45) is 0 Å². The van der Waals surface area contributed by atoms with Crippen LogP contribution in [0, 0.1) is 0 Å². The van der Waals surface area contributed by atoms with Crippen LogP contribution >= 0.6 is 7.82 Å². The van der Waals surface area contributed by atoms with Crippen molar-refractivity contribution in [3.05, 3.63) is 0 Å². The lowest BCUT2D eigenvalue weighted by Gasteiger charge is -2.17. The summed E-state index contributed by atoms with van der Waals surface area (Å²) in [5.74, 6) is 0. The van der Waals surface area contributed by atoms with E-state index in [0.717, 1.165) is 0 Å². The van der Waals surface area contributed by atoms with E-state index in [-0.39, 0.29) is 0 Å². The highest BCUT2D eigenvalue weighted by Crippen LogP contribution is 2.25. The number of aliphatic hydroxyl groups is 4. The number of carbonyl (C=O) groups is 1. The number of hydrogen-bond donors (Lipinski definition) is 7. The first-order valence-corrected chi connectivity index (χ1v) is 5.20. The first kappa shape index (κ1) is 17.9. The normalized spacial score (nSPS) is 16.8. The van der Waals surface area contributed by atoms with Gasteiger partial charge in [0.05, 0.1) is 6.61 Å². The Kier molecular flexibility index (Phi) is 8.70. The van der Waals surface area contributed by atoms with Crippen LogP contribution in [0.4, 0.5) is 4.39 Å². The third-order valence-electron chi connectivity index (χ3n) is 1.14. The average Bonchev–Trinajstić information content (AvgIpc) is 2.11. The second kappa shape index (κ2) is 7.76. The molecule has 16 heavy (non-hydrogen) atoms. The fourth-order valence-electron chi connectivity index (χ4n) is 0.453. The van der Waals surface area contributed by atoms with Crippen LogP contribution < -0.4 is 0 Å². The van der Waals surface area contributed by atoms with Crippen LogP contribution in [0.25, 0.3) is 0 Å². The van der Waals surface area contributed by atoms with Gasteiger partial charge in [0.15, 0.2) is 6.10 Å². The van der Waals surface area contributed by atoms with Gasteiger partial charge in [-0.05, 0) is 0 Å². The van der Waals surface area contributed by atoms with Crippen LogP contribution in [0.15, 0.2) is 0 Å². The molecule has 0 aromatic rings. The number of aliphatic hydroxyl groups excluding tert-OH is 4. The number of rotatable bonds is 4. The fraction of sp³-hybridized carbons (Fsp3) is 0.800. The smallest absolute Gasteiger partial charge is 0.394 e. The van der Waals surface area contributed by atoms with Crippen molar-refractivity contribution >= 4 is 13.9 Å². The summed E-state index contributed by atoms with van der Waals surface area (Å²) in [6.07, 6.45) is -6.00. The molecule has 0 radical (unpaired) electrons. The van der Waals surface area contributed by atoms with Crippen molar-refractivity contribution < 1.29 is 48.9 Å². The molecule has 0 saturated heterocycles. The molecule has 0 amide bonds. The molecule has 0 aliphatic carbocycles. The highest BCUT2D eigenvalue weighted by atomic mass is 31.2. The zero-order valence-corrected chi connectivity index (χ0v) is 8.61. The summed E-state index contributed by atoms with van der Waals surface area (Å²) < 4.78 is 20.5. The minimum Gasteiger partial charge on any atom is -0.394 e.